The van der Waals surface area contributed by atoms with Crippen LogP contribution in [0, 0.1) is 5.92 Å². The third-order valence-corrected chi connectivity index (χ3v) is 6.69. The summed E-state index contributed by atoms with van der Waals surface area (Å²) in [5, 5.41) is 15.0. The summed E-state index contributed by atoms with van der Waals surface area (Å²) >= 11 is 7.04. The first-order valence-electron chi connectivity index (χ1n) is 8.00. The Kier molecular flexibility index (Phi) is 6.33. The number of rotatable bonds is 8. The Labute approximate surface area is 171 Å². The van der Waals surface area contributed by atoms with Gasteiger partial charge in [0.05, 0.1) is 40.0 Å². The molecule has 0 bridgehead atoms. The predicted molar refractivity (Wildman–Crippen MR) is 100 cm³/mol. The van der Waals surface area contributed by atoms with Gasteiger partial charge in [0.1, 0.15) is 11.2 Å². The van der Waals surface area contributed by atoms with E-state index in [1.54, 1.807) is 0 Å². The van der Waals surface area contributed by atoms with Crippen molar-refractivity contribution in [1.29, 1.82) is 0 Å². The average Bonchev–Trinajstić information content (AvgIpc) is 3.27. The fourth-order valence-electron chi connectivity index (χ4n) is 2.28. The number of hydrogen-bond acceptors (Lipinski definition) is 8. The summed E-state index contributed by atoms with van der Waals surface area (Å²) in [6, 6.07) is 4.10. The van der Waals surface area contributed by atoms with Crippen molar-refractivity contribution in [2.24, 2.45) is 5.92 Å². The molecule has 0 radical (unpaired) electrons. The Bertz CT molecular complexity index is 1090. The first kappa shape index (κ1) is 21.8. The van der Waals surface area contributed by atoms with E-state index in [2.05, 4.69) is 24.7 Å². The SMILES string of the molecule is O=S(=O)(NCc1ccon1)c1cc2sc(NCC(CO)C(F)(F)F)nc2cc1Cl. The van der Waals surface area contributed by atoms with Crippen molar-refractivity contribution in [1.82, 2.24) is 14.9 Å². The molecule has 1 unspecified atom stereocenters. The smallest absolute Gasteiger partial charge is 0.395 e. The van der Waals surface area contributed by atoms with Gasteiger partial charge < -0.3 is 14.9 Å². The fraction of sp³-hybridized carbons (Fsp3) is 0.333. The van der Waals surface area contributed by atoms with Crippen LogP contribution in [-0.4, -0.2) is 43.0 Å². The minimum absolute atomic E-state index is 0.0921. The van der Waals surface area contributed by atoms with Gasteiger partial charge in [-0.3, -0.25) is 0 Å². The molecule has 3 aromatic rings. The van der Waals surface area contributed by atoms with Gasteiger partial charge >= 0.3 is 6.18 Å². The Hall–Kier alpha value is -1.93. The van der Waals surface area contributed by atoms with Gasteiger partial charge in [-0.25, -0.2) is 18.1 Å². The van der Waals surface area contributed by atoms with E-state index in [9.17, 15) is 21.6 Å². The summed E-state index contributed by atoms with van der Waals surface area (Å²) in [6.07, 6.45) is -3.26. The van der Waals surface area contributed by atoms with Gasteiger partial charge in [0, 0.05) is 12.6 Å². The number of aliphatic hydroxyl groups is 1. The van der Waals surface area contributed by atoms with Gasteiger partial charge in [-0.05, 0) is 12.1 Å². The first-order valence-corrected chi connectivity index (χ1v) is 10.7. The molecule has 29 heavy (non-hydrogen) atoms. The molecule has 158 valence electrons. The molecule has 0 aliphatic carbocycles. The van der Waals surface area contributed by atoms with Crippen molar-refractivity contribution >= 4 is 48.3 Å². The van der Waals surface area contributed by atoms with E-state index in [0.29, 0.717) is 15.9 Å². The Morgan fingerprint density at radius 3 is 2.72 bits per heavy atom. The summed E-state index contributed by atoms with van der Waals surface area (Å²) in [7, 11) is -3.99. The minimum Gasteiger partial charge on any atom is -0.396 e. The van der Waals surface area contributed by atoms with Crippen molar-refractivity contribution in [3.8, 4) is 0 Å². The predicted octanol–water partition coefficient (Wildman–Crippen LogP) is 3.00. The molecule has 1 atom stereocenters. The number of fused-ring (bicyclic) bond motifs is 1. The highest BCUT2D eigenvalue weighted by molar-refractivity contribution is 7.89. The zero-order valence-corrected chi connectivity index (χ0v) is 16.8. The van der Waals surface area contributed by atoms with Gasteiger partial charge in [-0.2, -0.15) is 13.2 Å². The molecule has 14 heteroatoms. The van der Waals surface area contributed by atoms with Crippen LogP contribution in [-0.2, 0) is 16.6 Å². The number of aromatic nitrogens is 2. The molecular formula is C15H14ClF3N4O4S2. The Balaban J connectivity index is 1.80. The van der Waals surface area contributed by atoms with Crippen LogP contribution in [0.5, 0.6) is 0 Å². The summed E-state index contributed by atoms with van der Waals surface area (Å²) in [5.74, 6) is -1.95. The van der Waals surface area contributed by atoms with Crippen LogP contribution in [0.2, 0.25) is 5.02 Å². The lowest BCUT2D eigenvalue weighted by atomic mass is 10.1. The number of anilines is 1. The highest BCUT2D eigenvalue weighted by Gasteiger charge is 2.39. The number of thiazole rings is 1. The molecule has 0 fully saturated rings. The molecule has 0 amide bonds. The quantitative estimate of drug-likeness (QED) is 0.463. The molecule has 0 saturated carbocycles. The molecule has 0 spiro atoms. The van der Waals surface area contributed by atoms with E-state index in [-0.39, 0.29) is 21.6 Å². The molecule has 8 nitrogen and oxygen atoms in total. The summed E-state index contributed by atoms with van der Waals surface area (Å²) < 4.78 is 70.6. The number of hydrogen-bond donors (Lipinski definition) is 3. The molecule has 0 aliphatic heterocycles. The van der Waals surface area contributed by atoms with Gasteiger partial charge in [0.15, 0.2) is 5.13 Å². The third-order valence-electron chi connectivity index (χ3n) is 3.85. The maximum absolute atomic E-state index is 12.7. The number of nitrogens with one attached hydrogen (secondary N) is 2. The van der Waals surface area contributed by atoms with Crippen molar-refractivity contribution in [3.05, 3.63) is 35.2 Å². The number of sulfonamides is 1. The fourth-order valence-corrected chi connectivity index (χ4v) is 4.79. The number of nitrogens with zero attached hydrogens (tertiary/aromatic N) is 2. The molecule has 1 aromatic carbocycles. The van der Waals surface area contributed by atoms with Crippen LogP contribution in [0.1, 0.15) is 5.69 Å². The molecular weight excluding hydrogens is 457 g/mol. The lowest BCUT2D eigenvalue weighted by Gasteiger charge is -2.17. The van der Waals surface area contributed by atoms with Crippen LogP contribution in [0.3, 0.4) is 0 Å². The van der Waals surface area contributed by atoms with E-state index < -0.39 is 35.3 Å². The maximum Gasteiger partial charge on any atom is 0.395 e. The highest BCUT2D eigenvalue weighted by Crippen LogP contribution is 2.33. The van der Waals surface area contributed by atoms with E-state index in [4.69, 9.17) is 16.7 Å². The average molecular weight is 471 g/mol. The lowest BCUT2D eigenvalue weighted by molar-refractivity contribution is -0.179. The van der Waals surface area contributed by atoms with Crippen molar-refractivity contribution in [3.63, 3.8) is 0 Å². The van der Waals surface area contributed by atoms with Gasteiger partial charge in [0.25, 0.3) is 0 Å². The van der Waals surface area contributed by atoms with Gasteiger partial charge in [-0.1, -0.05) is 28.1 Å². The zero-order valence-electron chi connectivity index (χ0n) is 14.4. The maximum atomic E-state index is 12.7. The second-order valence-corrected chi connectivity index (χ2v) is 9.06. The Morgan fingerprint density at radius 2 is 2.10 bits per heavy atom. The zero-order chi connectivity index (χ0) is 21.2. The van der Waals surface area contributed by atoms with Crippen LogP contribution >= 0.6 is 22.9 Å². The highest BCUT2D eigenvalue weighted by atomic mass is 35.5. The normalized spacial score (nSPS) is 13.7. The largest absolute Gasteiger partial charge is 0.396 e. The molecule has 2 aromatic heterocycles. The van der Waals surface area contributed by atoms with E-state index in [0.717, 1.165) is 11.3 Å². The van der Waals surface area contributed by atoms with E-state index in [1.807, 2.05) is 0 Å². The van der Waals surface area contributed by atoms with Gasteiger partial charge in [-0.15, -0.1) is 0 Å². The van der Waals surface area contributed by atoms with Crippen LogP contribution in [0.4, 0.5) is 18.3 Å². The van der Waals surface area contributed by atoms with Crippen LogP contribution in [0.15, 0.2) is 33.9 Å². The monoisotopic (exact) mass is 470 g/mol. The third kappa shape index (κ3) is 5.17. The topological polar surface area (TPSA) is 117 Å². The molecule has 2 heterocycles. The van der Waals surface area contributed by atoms with Crippen molar-refractivity contribution in [2.75, 3.05) is 18.5 Å². The molecule has 3 rings (SSSR count). The van der Waals surface area contributed by atoms with E-state index in [1.165, 1.54) is 24.5 Å². The number of alkyl halides is 3. The van der Waals surface area contributed by atoms with Crippen molar-refractivity contribution in [2.45, 2.75) is 17.6 Å². The minimum atomic E-state index is -4.56. The first-order chi connectivity index (χ1) is 13.6. The summed E-state index contributed by atoms with van der Waals surface area (Å²) in [5.41, 5.74) is 0.698. The molecule has 3 N–H and O–H groups in total. The number of halogens is 4. The van der Waals surface area contributed by atoms with Crippen molar-refractivity contribution < 1.29 is 31.2 Å². The number of aliphatic hydroxyl groups excluding tert-OH is 1. The second-order valence-electron chi connectivity index (χ2n) is 5.89. The summed E-state index contributed by atoms with van der Waals surface area (Å²) in [4.78, 5) is 3.91. The molecule has 0 saturated heterocycles. The molecule has 0 aliphatic rings. The lowest BCUT2D eigenvalue weighted by Crippen LogP contribution is -2.32. The second kappa shape index (κ2) is 8.44. The Morgan fingerprint density at radius 1 is 1.34 bits per heavy atom. The van der Waals surface area contributed by atoms with Crippen LogP contribution in [0.25, 0.3) is 10.2 Å². The standard InChI is InChI=1S/C15H14ClF3N4O4S2/c16-10-3-11-12(28-14(22-11)20-5-8(7-24)15(17,18)19)4-13(10)29(25,26)21-6-9-1-2-27-23-9/h1-4,8,21,24H,5-7H2,(H,20,22). The van der Waals surface area contributed by atoms with Gasteiger partial charge in [0.2, 0.25) is 10.0 Å². The van der Waals surface area contributed by atoms with Crippen LogP contribution < -0.4 is 10.0 Å². The van der Waals surface area contributed by atoms with E-state index >= 15 is 0 Å². The summed E-state index contributed by atoms with van der Waals surface area (Å²) in [6.45, 7) is -1.74. The number of benzene rings is 1.